The van der Waals surface area contributed by atoms with E-state index in [9.17, 15) is 19.5 Å². The van der Waals surface area contributed by atoms with Crippen LogP contribution >= 0.6 is 22.7 Å². The van der Waals surface area contributed by atoms with Crippen LogP contribution in [0.2, 0.25) is 0 Å². The Kier molecular flexibility index (Phi) is 6.97. The molecule has 7 nitrogen and oxygen atoms in total. The smallest absolute Gasteiger partial charge is 0.350 e. The van der Waals surface area contributed by atoms with E-state index in [1.807, 2.05) is 24.3 Å². The third kappa shape index (κ3) is 4.64. The number of hydrogen-bond acceptors (Lipinski definition) is 8. The minimum atomic E-state index is -0.913. The first-order valence-electron chi connectivity index (χ1n) is 11.3. The number of anilines is 1. The van der Waals surface area contributed by atoms with Crippen molar-refractivity contribution < 1.29 is 24.2 Å². The van der Waals surface area contributed by atoms with Gasteiger partial charge < -0.3 is 9.84 Å². The summed E-state index contributed by atoms with van der Waals surface area (Å²) >= 11 is 2.21. The Morgan fingerprint density at radius 1 is 1.22 bits per heavy atom. The Morgan fingerprint density at radius 3 is 2.50 bits per heavy atom. The molecule has 0 radical (unpaired) electrons. The summed E-state index contributed by atoms with van der Waals surface area (Å²) in [5.74, 6) is -2.38. The first kappa shape index (κ1) is 25.5. The topological polar surface area (TPSA) is 96.8 Å². The fourth-order valence-electron chi connectivity index (χ4n) is 3.93. The summed E-state index contributed by atoms with van der Waals surface area (Å²) in [5.41, 5.74) is 2.00. The van der Waals surface area contributed by atoms with Gasteiger partial charge in [0.2, 0.25) is 5.78 Å². The van der Waals surface area contributed by atoms with Crippen LogP contribution in [0.1, 0.15) is 63.0 Å². The molecule has 186 valence electrons. The lowest BCUT2D eigenvalue weighted by atomic mass is 9.85. The summed E-state index contributed by atoms with van der Waals surface area (Å²) in [7, 11) is 0. The molecule has 9 heteroatoms. The maximum Gasteiger partial charge on any atom is 0.350 e. The predicted octanol–water partition coefficient (Wildman–Crippen LogP) is 5.94. The number of Topliss-reactive ketones (excluding diaryl/α,β-unsaturated/α-hetero) is 1. The van der Waals surface area contributed by atoms with E-state index in [4.69, 9.17) is 4.74 Å². The van der Waals surface area contributed by atoms with Gasteiger partial charge in [0.25, 0.3) is 5.91 Å². The summed E-state index contributed by atoms with van der Waals surface area (Å²) < 4.78 is 5.14. The quantitative estimate of drug-likeness (QED) is 0.234. The second kappa shape index (κ2) is 9.83. The molecule has 3 aromatic rings. The van der Waals surface area contributed by atoms with E-state index >= 15 is 0 Å². The van der Waals surface area contributed by atoms with Gasteiger partial charge in [0.15, 0.2) is 10.9 Å². The average molecular weight is 523 g/mol. The number of amides is 1. The molecule has 1 aromatic carbocycles. The molecule has 3 heterocycles. The Labute approximate surface area is 217 Å². The summed E-state index contributed by atoms with van der Waals surface area (Å²) in [6.07, 6.45) is 1.46. The number of ether oxygens (including phenoxy) is 1. The number of ketones is 1. The molecule has 1 N–H and O–H groups in total. The summed E-state index contributed by atoms with van der Waals surface area (Å²) in [4.78, 5) is 45.7. The summed E-state index contributed by atoms with van der Waals surface area (Å²) in [5, 5.41) is 12.9. The number of carbonyl (C=O) groups is 3. The molecule has 0 unspecified atom stereocenters. The summed E-state index contributed by atoms with van der Waals surface area (Å²) in [6.45, 7) is 11.5. The van der Waals surface area contributed by atoms with E-state index in [0.29, 0.717) is 16.1 Å². The lowest BCUT2D eigenvalue weighted by molar-refractivity contribution is -0.117. The van der Waals surface area contributed by atoms with Gasteiger partial charge in [-0.3, -0.25) is 14.5 Å². The van der Waals surface area contributed by atoms with Crippen molar-refractivity contribution in [1.29, 1.82) is 0 Å². The standard InChI is InChI=1S/C27H26N2O5S2/c1-6-13-34-25(33)23-15(2)28-26(36-23)29-20(16-9-11-17(12-10-16)27(3,4)5)19(22(31)24(29)32)21(30)18-8-7-14-35-18/h6-12,14,20,31H,1,13H2,2-5H3/t20-/m0/s1. The molecule has 0 fully saturated rings. The van der Waals surface area contributed by atoms with E-state index in [1.54, 1.807) is 24.4 Å². The number of benzene rings is 1. The number of thiazole rings is 1. The molecule has 1 aliphatic rings. The summed E-state index contributed by atoms with van der Waals surface area (Å²) in [6, 6.07) is 10.1. The van der Waals surface area contributed by atoms with Crippen LogP contribution in [-0.2, 0) is 14.9 Å². The van der Waals surface area contributed by atoms with Crippen molar-refractivity contribution in [2.75, 3.05) is 11.5 Å². The third-order valence-electron chi connectivity index (χ3n) is 5.80. The molecule has 1 atom stereocenters. The van der Waals surface area contributed by atoms with Gasteiger partial charge in [-0.25, -0.2) is 9.78 Å². The highest BCUT2D eigenvalue weighted by Crippen LogP contribution is 2.44. The number of aliphatic hydroxyl groups excluding tert-OH is 1. The number of aliphatic hydroxyl groups is 1. The normalized spacial score (nSPS) is 15.9. The zero-order valence-corrected chi connectivity index (χ0v) is 22.0. The molecule has 0 saturated heterocycles. The Hall–Kier alpha value is -3.56. The van der Waals surface area contributed by atoms with Gasteiger partial charge in [-0.05, 0) is 34.9 Å². The highest BCUT2D eigenvalue weighted by Gasteiger charge is 2.46. The molecular weight excluding hydrogens is 496 g/mol. The van der Waals surface area contributed by atoms with Crippen LogP contribution in [0.3, 0.4) is 0 Å². The van der Waals surface area contributed by atoms with E-state index in [2.05, 4.69) is 32.3 Å². The zero-order valence-electron chi connectivity index (χ0n) is 20.4. The molecule has 1 aliphatic heterocycles. The number of aromatic nitrogens is 1. The van der Waals surface area contributed by atoms with Crippen molar-refractivity contribution in [3.63, 3.8) is 0 Å². The van der Waals surface area contributed by atoms with E-state index in [1.165, 1.54) is 22.3 Å². The zero-order chi connectivity index (χ0) is 26.2. The number of esters is 1. The number of nitrogens with zero attached hydrogens (tertiary/aromatic N) is 2. The first-order chi connectivity index (χ1) is 17.0. The largest absolute Gasteiger partial charge is 0.503 e. The van der Waals surface area contributed by atoms with Gasteiger partial charge in [-0.15, -0.1) is 11.3 Å². The van der Waals surface area contributed by atoms with Crippen molar-refractivity contribution in [3.05, 3.63) is 92.3 Å². The van der Waals surface area contributed by atoms with Crippen molar-refractivity contribution in [2.45, 2.75) is 39.2 Å². The lowest BCUT2D eigenvalue weighted by Crippen LogP contribution is -2.31. The molecule has 36 heavy (non-hydrogen) atoms. The highest BCUT2D eigenvalue weighted by molar-refractivity contribution is 7.17. The van der Waals surface area contributed by atoms with Gasteiger partial charge >= 0.3 is 5.97 Å². The molecule has 0 spiro atoms. The van der Waals surface area contributed by atoms with Crippen LogP contribution in [0.4, 0.5) is 5.13 Å². The number of hydrogen-bond donors (Lipinski definition) is 1. The minimum absolute atomic E-state index is 0.0189. The van der Waals surface area contributed by atoms with Crippen molar-refractivity contribution in [1.82, 2.24) is 4.98 Å². The maximum atomic E-state index is 13.5. The molecule has 0 saturated carbocycles. The van der Waals surface area contributed by atoms with Crippen molar-refractivity contribution in [2.24, 2.45) is 0 Å². The number of thiophene rings is 1. The molecule has 2 aromatic heterocycles. The molecule has 4 rings (SSSR count). The van der Waals surface area contributed by atoms with E-state index in [0.717, 1.165) is 16.9 Å². The molecule has 1 amide bonds. The monoisotopic (exact) mass is 522 g/mol. The lowest BCUT2D eigenvalue weighted by Gasteiger charge is -2.26. The van der Waals surface area contributed by atoms with Crippen LogP contribution in [0.15, 0.2) is 65.8 Å². The Morgan fingerprint density at radius 2 is 1.92 bits per heavy atom. The van der Waals surface area contributed by atoms with Crippen LogP contribution in [0.5, 0.6) is 0 Å². The van der Waals surface area contributed by atoms with E-state index < -0.39 is 29.5 Å². The van der Waals surface area contributed by atoms with E-state index in [-0.39, 0.29) is 27.6 Å². The van der Waals surface area contributed by atoms with Gasteiger partial charge in [0, 0.05) is 0 Å². The van der Waals surface area contributed by atoms with Crippen LogP contribution < -0.4 is 4.90 Å². The SMILES string of the molecule is C=CCOC(=O)c1sc(N2C(=O)C(O)=C(C(=O)c3cccs3)[C@@H]2c2ccc(C(C)(C)C)cc2)nc1C. The molecule has 0 bridgehead atoms. The second-order valence-electron chi connectivity index (χ2n) is 9.32. The average Bonchev–Trinajstić information content (AvgIpc) is 3.56. The van der Waals surface area contributed by atoms with Crippen LogP contribution in [0.25, 0.3) is 0 Å². The molecule has 0 aliphatic carbocycles. The second-order valence-corrected chi connectivity index (χ2v) is 11.2. The molecular formula is C27H26N2O5S2. The van der Waals surface area contributed by atoms with Gasteiger partial charge in [-0.1, -0.05) is 75.1 Å². The number of rotatable bonds is 7. The van der Waals surface area contributed by atoms with Gasteiger partial charge in [0.1, 0.15) is 11.5 Å². The van der Waals surface area contributed by atoms with Crippen LogP contribution in [-0.4, -0.2) is 34.4 Å². The Bertz CT molecular complexity index is 1360. The first-order valence-corrected chi connectivity index (χ1v) is 12.9. The van der Waals surface area contributed by atoms with Gasteiger partial charge in [0.05, 0.1) is 22.2 Å². The third-order valence-corrected chi connectivity index (χ3v) is 7.80. The maximum absolute atomic E-state index is 13.5. The van der Waals surface area contributed by atoms with Gasteiger partial charge in [-0.2, -0.15) is 0 Å². The highest BCUT2D eigenvalue weighted by atomic mass is 32.1. The minimum Gasteiger partial charge on any atom is -0.503 e. The van der Waals surface area contributed by atoms with Crippen molar-refractivity contribution >= 4 is 45.5 Å². The Balaban J connectivity index is 1.83. The fraction of sp³-hybridized carbons (Fsp3) is 0.259. The number of carbonyl (C=O) groups excluding carboxylic acids is 3. The number of aryl methyl sites for hydroxylation is 1. The van der Waals surface area contributed by atoms with Crippen LogP contribution in [0, 0.1) is 6.92 Å². The predicted molar refractivity (Wildman–Crippen MR) is 141 cm³/mol. The van der Waals surface area contributed by atoms with Crippen molar-refractivity contribution in [3.8, 4) is 0 Å². The fourth-order valence-corrected chi connectivity index (χ4v) is 5.60.